The number of hydrogen-bond donors (Lipinski definition) is 1. The summed E-state index contributed by atoms with van der Waals surface area (Å²) in [4.78, 5) is 18.3. The highest BCUT2D eigenvalue weighted by atomic mass is 19.1. The van der Waals surface area contributed by atoms with Crippen LogP contribution in [0.4, 0.5) is 15.8 Å². The summed E-state index contributed by atoms with van der Waals surface area (Å²) >= 11 is 0. The molecule has 0 unspecified atom stereocenters. The highest BCUT2D eigenvalue weighted by Crippen LogP contribution is 2.19. The summed E-state index contributed by atoms with van der Waals surface area (Å²) in [5.74, 6) is -0.264. The van der Waals surface area contributed by atoms with Gasteiger partial charge >= 0.3 is 0 Å². The standard InChI is InChI=1S/C16H16FN3O/c17-13-3-5-14(6-4-13)19-15-9-12(10-18-11-15)16(21)20-7-1-2-8-20/h3-6,9-11,19H,1-2,7-8H2. The average Bonchev–Trinajstić information content (AvgIpc) is 3.03. The van der Waals surface area contributed by atoms with Crippen LogP contribution in [0.15, 0.2) is 42.7 Å². The van der Waals surface area contributed by atoms with Gasteiger partial charge in [0.1, 0.15) is 5.82 Å². The molecule has 2 heterocycles. The third-order valence-electron chi connectivity index (χ3n) is 3.51. The van der Waals surface area contributed by atoms with Crippen molar-refractivity contribution in [3.8, 4) is 0 Å². The molecule has 0 radical (unpaired) electrons. The predicted octanol–water partition coefficient (Wildman–Crippen LogP) is 3.20. The van der Waals surface area contributed by atoms with Gasteiger partial charge in [0.05, 0.1) is 17.4 Å². The minimum Gasteiger partial charge on any atom is -0.354 e. The number of carbonyl (C=O) groups is 1. The molecule has 2 aromatic rings. The molecule has 1 N–H and O–H groups in total. The van der Waals surface area contributed by atoms with Crippen molar-refractivity contribution in [3.05, 3.63) is 54.1 Å². The minimum atomic E-state index is -0.281. The summed E-state index contributed by atoms with van der Waals surface area (Å²) in [5.41, 5.74) is 2.04. The van der Waals surface area contributed by atoms with Crippen LogP contribution in [0.1, 0.15) is 23.2 Å². The van der Waals surface area contributed by atoms with Crippen LogP contribution in [-0.4, -0.2) is 28.9 Å². The van der Waals surface area contributed by atoms with Crippen molar-refractivity contribution < 1.29 is 9.18 Å². The molecule has 1 saturated heterocycles. The Morgan fingerprint density at radius 1 is 1.10 bits per heavy atom. The van der Waals surface area contributed by atoms with Crippen LogP contribution in [0.5, 0.6) is 0 Å². The summed E-state index contributed by atoms with van der Waals surface area (Å²) in [6.07, 6.45) is 5.35. The van der Waals surface area contributed by atoms with Crippen molar-refractivity contribution >= 4 is 17.3 Å². The van der Waals surface area contributed by atoms with Crippen molar-refractivity contribution in [2.24, 2.45) is 0 Å². The molecule has 1 aliphatic heterocycles. The van der Waals surface area contributed by atoms with Crippen LogP contribution in [-0.2, 0) is 0 Å². The number of rotatable bonds is 3. The molecule has 0 aliphatic carbocycles. The maximum absolute atomic E-state index is 12.9. The number of aromatic nitrogens is 1. The molecule has 1 amide bonds. The maximum Gasteiger partial charge on any atom is 0.255 e. The molecule has 1 aromatic heterocycles. The summed E-state index contributed by atoms with van der Waals surface area (Å²) in [6, 6.07) is 7.83. The Hall–Kier alpha value is -2.43. The minimum absolute atomic E-state index is 0.0164. The second-order valence-corrected chi connectivity index (χ2v) is 5.09. The number of nitrogens with zero attached hydrogens (tertiary/aromatic N) is 2. The summed E-state index contributed by atoms with van der Waals surface area (Å²) in [6.45, 7) is 1.63. The van der Waals surface area contributed by atoms with Gasteiger partial charge in [0.15, 0.2) is 0 Å². The van der Waals surface area contributed by atoms with E-state index in [2.05, 4.69) is 10.3 Å². The lowest BCUT2D eigenvalue weighted by molar-refractivity contribution is 0.0792. The topological polar surface area (TPSA) is 45.2 Å². The molecule has 0 atom stereocenters. The van der Waals surface area contributed by atoms with Crippen molar-refractivity contribution in [2.45, 2.75) is 12.8 Å². The molecule has 1 aromatic carbocycles. The molecule has 0 saturated carbocycles. The fraction of sp³-hybridized carbons (Fsp3) is 0.250. The quantitative estimate of drug-likeness (QED) is 0.942. The second-order valence-electron chi connectivity index (χ2n) is 5.09. The van der Waals surface area contributed by atoms with Crippen LogP contribution < -0.4 is 5.32 Å². The molecule has 108 valence electrons. The van der Waals surface area contributed by atoms with Crippen molar-refractivity contribution in [2.75, 3.05) is 18.4 Å². The van der Waals surface area contributed by atoms with Gasteiger partial charge in [0, 0.05) is 25.0 Å². The van der Waals surface area contributed by atoms with E-state index in [4.69, 9.17) is 0 Å². The van der Waals surface area contributed by atoms with Crippen LogP contribution in [0.2, 0.25) is 0 Å². The van der Waals surface area contributed by atoms with E-state index in [-0.39, 0.29) is 11.7 Å². The first kappa shape index (κ1) is 13.5. The zero-order chi connectivity index (χ0) is 14.7. The Bertz CT molecular complexity index is 636. The zero-order valence-corrected chi connectivity index (χ0v) is 11.6. The van der Waals surface area contributed by atoms with Gasteiger partial charge in [-0.1, -0.05) is 0 Å². The van der Waals surface area contributed by atoms with Crippen molar-refractivity contribution in [3.63, 3.8) is 0 Å². The third kappa shape index (κ3) is 3.18. The van der Waals surface area contributed by atoms with E-state index in [0.717, 1.165) is 31.6 Å². The smallest absolute Gasteiger partial charge is 0.255 e. The Morgan fingerprint density at radius 3 is 2.52 bits per heavy atom. The maximum atomic E-state index is 12.9. The Kier molecular flexibility index (Phi) is 3.81. The summed E-state index contributed by atoms with van der Waals surface area (Å²) in [5, 5.41) is 3.12. The van der Waals surface area contributed by atoms with Crippen LogP contribution in [0, 0.1) is 5.82 Å². The number of halogens is 1. The Morgan fingerprint density at radius 2 is 1.81 bits per heavy atom. The van der Waals surface area contributed by atoms with Crippen LogP contribution in [0.3, 0.4) is 0 Å². The summed E-state index contributed by atoms with van der Waals surface area (Å²) < 4.78 is 12.9. The number of benzene rings is 1. The molecule has 0 bridgehead atoms. The van der Waals surface area contributed by atoms with Gasteiger partial charge in [-0.15, -0.1) is 0 Å². The summed E-state index contributed by atoms with van der Waals surface area (Å²) in [7, 11) is 0. The first-order valence-corrected chi connectivity index (χ1v) is 6.99. The number of nitrogens with one attached hydrogen (secondary N) is 1. The Balaban J connectivity index is 1.76. The molecule has 0 spiro atoms. The van der Waals surface area contributed by atoms with E-state index >= 15 is 0 Å². The molecular weight excluding hydrogens is 269 g/mol. The fourth-order valence-corrected chi connectivity index (χ4v) is 2.43. The second kappa shape index (κ2) is 5.91. The first-order valence-electron chi connectivity index (χ1n) is 6.99. The van der Waals surface area contributed by atoms with E-state index < -0.39 is 0 Å². The lowest BCUT2D eigenvalue weighted by Crippen LogP contribution is -2.27. The predicted molar refractivity (Wildman–Crippen MR) is 79.1 cm³/mol. The van der Waals surface area contributed by atoms with E-state index in [0.29, 0.717) is 11.3 Å². The van der Waals surface area contributed by atoms with Crippen molar-refractivity contribution in [1.82, 2.24) is 9.88 Å². The van der Waals surface area contributed by atoms with E-state index in [9.17, 15) is 9.18 Å². The average molecular weight is 285 g/mol. The van der Waals surface area contributed by atoms with Gasteiger partial charge in [0.2, 0.25) is 0 Å². The van der Waals surface area contributed by atoms with E-state index in [1.165, 1.54) is 12.1 Å². The first-order chi connectivity index (χ1) is 10.2. The number of anilines is 2. The highest BCUT2D eigenvalue weighted by molar-refractivity contribution is 5.95. The molecular formula is C16H16FN3O. The van der Waals surface area contributed by atoms with E-state index in [1.807, 2.05) is 4.90 Å². The normalized spacial score (nSPS) is 14.2. The number of carbonyl (C=O) groups excluding carboxylic acids is 1. The highest BCUT2D eigenvalue weighted by Gasteiger charge is 2.19. The molecule has 1 fully saturated rings. The SMILES string of the molecule is O=C(c1cncc(Nc2ccc(F)cc2)c1)N1CCCC1. The monoisotopic (exact) mass is 285 g/mol. The molecule has 1 aliphatic rings. The van der Waals surface area contributed by atoms with Gasteiger partial charge in [-0.05, 0) is 43.2 Å². The molecule has 3 rings (SSSR count). The zero-order valence-electron chi connectivity index (χ0n) is 11.6. The van der Waals surface area contributed by atoms with Crippen LogP contribution >= 0.6 is 0 Å². The number of likely N-dealkylation sites (tertiary alicyclic amines) is 1. The van der Waals surface area contributed by atoms with Gasteiger partial charge in [-0.2, -0.15) is 0 Å². The lowest BCUT2D eigenvalue weighted by atomic mass is 10.2. The van der Waals surface area contributed by atoms with Gasteiger partial charge in [0.25, 0.3) is 5.91 Å². The number of pyridine rings is 1. The largest absolute Gasteiger partial charge is 0.354 e. The molecule has 21 heavy (non-hydrogen) atoms. The number of amides is 1. The van der Waals surface area contributed by atoms with E-state index in [1.54, 1.807) is 30.6 Å². The third-order valence-corrected chi connectivity index (χ3v) is 3.51. The van der Waals surface area contributed by atoms with Crippen molar-refractivity contribution in [1.29, 1.82) is 0 Å². The fourth-order valence-electron chi connectivity index (χ4n) is 2.43. The van der Waals surface area contributed by atoms with Gasteiger partial charge < -0.3 is 10.2 Å². The molecule has 5 heteroatoms. The van der Waals surface area contributed by atoms with Gasteiger partial charge in [-0.25, -0.2) is 4.39 Å². The van der Waals surface area contributed by atoms with Crippen LogP contribution in [0.25, 0.3) is 0 Å². The molecule has 4 nitrogen and oxygen atoms in total. The Labute approximate surface area is 122 Å². The number of hydrogen-bond acceptors (Lipinski definition) is 3. The lowest BCUT2D eigenvalue weighted by Gasteiger charge is -2.15. The van der Waals surface area contributed by atoms with Gasteiger partial charge in [-0.3, -0.25) is 9.78 Å².